The zero-order valence-corrected chi connectivity index (χ0v) is 22.3. The fourth-order valence-electron chi connectivity index (χ4n) is 4.40. The molecule has 0 saturated carbocycles. The van der Waals surface area contributed by atoms with Crippen LogP contribution in [-0.2, 0) is 11.2 Å². The van der Waals surface area contributed by atoms with Gasteiger partial charge in [0.2, 0.25) is 5.91 Å². The summed E-state index contributed by atoms with van der Waals surface area (Å²) >= 11 is 0. The molecule has 0 aromatic heterocycles. The van der Waals surface area contributed by atoms with Gasteiger partial charge in [-0.05, 0) is 60.6 Å². The highest BCUT2D eigenvalue weighted by Crippen LogP contribution is 2.34. The molecule has 3 aromatic rings. The second-order valence-electron chi connectivity index (χ2n) is 10.5. The molecule has 0 saturated heterocycles. The van der Waals surface area contributed by atoms with Gasteiger partial charge >= 0.3 is 5.97 Å². The molecule has 3 rings (SSSR count). The fraction of sp³-hybridized carbons (Fsp3) is 0.355. The minimum Gasteiger partial charge on any atom is -0.478 e. The molecule has 3 aromatic carbocycles. The van der Waals surface area contributed by atoms with E-state index in [0.29, 0.717) is 23.1 Å². The fourth-order valence-corrected chi connectivity index (χ4v) is 4.40. The van der Waals surface area contributed by atoms with E-state index in [4.69, 9.17) is 0 Å². The Morgan fingerprint density at radius 3 is 2.03 bits per heavy atom. The number of anilines is 2. The predicted octanol–water partition coefficient (Wildman–Crippen LogP) is 6.97. The lowest BCUT2D eigenvalue weighted by Crippen LogP contribution is -2.32. The Morgan fingerprint density at radius 2 is 1.44 bits per heavy atom. The minimum atomic E-state index is -0.972. The lowest BCUT2D eigenvalue weighted by molar-refractivity contribution is -0.115. The molecule has 0 spiro atoms. The summed E-state index contributed by atoms with van der Waals surface area (Å²) in [4.78, 5) is 27.4. The van der Waals surface area contributed by atoms with Gasteiger partial charge < -0.3 is 15.3 Å². The number of nitrogens with one attached hydrogen (secondary N) is 1. The Kier molecular flexibility index (Phi) is 8.92. The zero-order chi connectivity index (χ0) is 26.4. The molecule has 1 amide bonds. The summed E-state index contributed by atoms with van der Waals surface area (Å²) in [6.45, 7) is 14.4. The van der Waals surface area contributed by atoms with Crippen LogP contribution in [0.5, 0.6) is 0 Å². The Morgan fingerprint density at radius 1 is 0.833 bits per heavy atom. The Labute approximate surface area is 215 Å². The van der Waals surface area contributed by atoms with E-state index in [-0.39, 0.29) is 17.9 Å². The highest BCUT2D eigenvalue weighted by atomic mass is 16.4. The monoisotopic (exact) mass is 486 g/mol. The lowest BCUT2D eigenvalue weighted by atomic mass is 9.96. The average molecular weight is 487 g/mol. The van der Waals surface area contributed by atoms with Crippen LogP contribution < -0.4 is 10.2 Å². The molecule has 0 atom stereocenters. The van der Waals surface area contributed by atoms with E-state index in [9.17, 15) is 14.7 Å². The Bertz CT molecular complexity index is 1200. The van der Waals surface area contributed by atoms with Crippen molar-refractivity contribution in [1.82, 2.24) is 0 Å². The summed E-state index contributed by atoms with van der Waals surface area (Å²) in [5.41, 5.74) is 6.37. The van der Waals surface area contributed by atoms with Crippen molar-refractivity contribution in [3.63, 3.8) is 0 Å². The van der Waals surface area contributed by atoms with E-state index < -0.39 is 5.97 Å². The molecule has 0 aliphatic rings. The number of rotatable bonds is 10. The van der Waals surface area contributed by atoms with E-state index in [1.165, 1.54) is 0 Å². The third kappa shape index (κ3) is 7.20. The summed E-state index contributed by atoms with van der Waals surface area (Å²) in [6.07, 6.45) is 0.267. The van der Waals surface area contributed by atoms with Crippen molar-refractivity contribution in [3.8, 4) is 11.1 Å². The first kappa shape index (κ1) is 27.0. The van der Waals surface area contributed by atoms with Crippen LogP contribution in [-0.4, -0.2) is 30.1 Å². The van der Waals surface area contributed by atoms with Crippen LogP contribution in [0.2, 0.25) is 0 Å². The SMILES string of the molecule is Cc1ccc(CC(=O)Nc2cc(-c3cc(C)ccc3C(=O)O)ccc2N(CC(C)C)CC(C)C)cc1. The van der Waals surface area contributed by atoms with Crippen molar-refractivity contribution in [2.24, 2.45) is 11.8 Å². The van der Waals surface area contributed by atoms with Gasteiger partial charge in [-0.2, -0.15) is 0 Å². The van der Waals surface area contributed by atoms with Gasteiger partial charge in [0.25, 0.3) is 0 Å². The number of hydrogen-bond acceptors (Lipinski definition) is 3. The second kappa shape index (κ2) is 11.9. The summed E-state index contributed by atoms with van der Waals surface area (Å²) in [5.74, 6) is -0.195. The molecule has 36 heavy (non-hydrogen) atoms. The molecule has 0 bridgehead atoms. The van der Waals surface area contributed by atoms with E-state index >= 15 is 0 Å². The molecule has 0 aliphatic heterocycles. The topological polar surface area (TPSA) is 69.6 Å². The molecular formula is C31H38N2O3. The third-order valence-corrected chi connectivity index (χ3v) is 5.98. The summed E-state index contributed by atoms with van der Waals surface area (Å²) < 4.78 is 0. The number of carbonyl (C=O) groups is 2. The highest BCUT2D eigenvalue weighted by Gasteiger charge is 2.19. The molecule has 0 aliphatic carbocycles. The van der Waals surface area contributed by atoms with Gasteiger partial charge in [0.15, 0.2) is 0 Å². The normalized spacial score (nSPS) is 11.1. The van der Waals surface area contributed by atoms with Crippen LogP contribution in [0.4, 0.5) is 11.4 Å². The summed E-state index contributed by atoms with van der Waals surface area (Å²) in [6, 6.07) is 19.2. The van der Waals surface area contributed by atoms with Gasteiger partial charge in [-0.1, -0.05) is 81.3 Å². The van der Waals surface area contributed by atoms with Crippen molar-refractivity contribution < 1.29 is 14.7 Å². The first-order valence-corrected chi connectivity index (χ1v) is 12.6. The van der Waals surface area contributed by atoms with Gasteiger partial charge in [0, 0.05) is 13.1 Å². The number of aromatic carboxylic acids is 1. The minimum absolute atomic E-state index is 0.103. The van der Waals surface area contributed by atoms with Crippen molar-refractivity contribution >= 4 is 23.3 Å². The van der Waals surface area contributed by atoms with E-state index in [1.807, 2.05) is 62.4 Å². The Balaban J connectivity index is 2.06. The van der Waals surface area contributed by atoms with Crippen LogP contribution in [0.1, 0.15) is 54.7 Å². The van der Waals surface area contributed by atoms with Gasteiger partial charge in [-0.3, -0.25) is 4.79 Å². The number of hydrogen-bond donors (Lipinski definition) is 2. The van der Waals surface area contributed by atoms with Crippen LogP contribution in [0.3, 0.4) is 0 Å². The molecule has 0 unspecified atom stereocenters. The molecule has 0 radical (unpaired) electrons. The highest BCUT2D eigenvalue weighted by molar-refractivity contribution is 5.99. The van der Waals surface area contributed by atoms with Crippen LogP contribution in [0.15, 0.2) is 60.7 Å². The molecule has 5 heteroatoms. The lowest BCUT2D eigenvalue weighted by Gasteiger charge is -2.31. The van der Waals surface area contributed by atoms with E-state index in [0.717, 1.165) is 41.0 Å². The van der Waals surface area contributed by atoms with Crippen LogP contribution >= 0.6 is 0 Å². The molecule has 5 nitrogen and oxygen atoms in total. The van der Waals surface area contributed by atoms with Crippen molar-refractivity contribution in [1.29, 1.82) is 0 Å². The molecular weight excluding hydrogens is 448 g/mol. The number of carboxylic acids is 1. The quantitative estimate of drug-likeness (QED) is 0.325. The first-order chi connectivity index (χ1) is 17.0. The standard InChI is InChI=1S/C31H38N2O3/c1-20(2)18-33(19-21(3)4)29-14-12-25(27-15-23(6)9-13-26(27)31(35)36)17-28(29)32-30(34)16-24-10-7-22(5)8-11-24/h7-15,17,20-21H,16,18-19H2,1-6H3,(H,32,34)(H,35,36). The zero-order valence-electron chi connectivity index (χ0n) is 22.3. The van der Waals surface area contributed by atoms with Crippen LogP contribution in [0.25, 0.3) is 11.1 Å². The number of nitrogens with zero attached hydrogens (tertiary/aromatic N) is 1. The number of amides is 1. The first-order valence-electron chi connectivity index (χ1n) is 12.6. The summed E-state index contributed by atoms with van der Waals surface area (Å²) in [5, 5.41) is 12.9. The predicted molar refractivity (Wildman–Crippen MR) is 149 cm³/mol. The maximum atomic E-state index is 13.1. The maximum absolute atomic E-state index is 13.1. The summed E-state index contributed by atoms with van der Waals surface area (Å²) in [7, 11) is 0. The molecule has 2 N–H and O–H groups in total. The number of carboxylic acid groups (broad SMARTS) is 1. The third-order valence-electron chi connectivity index (χ3n) is 5.98. The van der Waals surface area contributed by atoms with Crippen molar-refractivity contribution in [3.05, 3.63) is 82.9 Å². The van der Waals surface area contributed by atoms with E-state index in [1.54, 1.807) is 12.1 Å². The van der Waals surface area contributed by atoms with Gasteiger partial charge in [-0.25, -0.2) is 4.79 Å². The molecule has 0 heterocycles. The average Bonchev–Trinajstić information content (AvgIpc) is 2.79. The number of aryl methyl sites for hydroxylation is 2. The molecule has 190 valence electrons. The second-order valence-corrected chi connectivity index (χ2v) is 10.5. The van der Waals surface area contributed by atoms with Gasteiger partial charge in [-0.15, -0.1) is 0 Å². The van der Waals surface area contributed by atoms with Gasteiger partial charge in [0.05, 0.1) is 23.4 Å². The van der Waals surface area contributed by atoms with Crippen molar-refractivity contribution in [2.45, 2.75) is 48.0 Å². The largest absolute Gasteiger partial charge is 0.478 e. The molecule has 0 fully saturated rings. The number of benzene rings is 3. The van der Waals surface area contributed by atoms with E-state index in [2.05, 4.69) is 37.9 Å². The van der Waals surface area contributed by atoms with Gasteiger partial charge in [0.1, 0.15) is 0 Å². The van der Waals surface area contributed by atoms with Crippen LogP contribution in [0, 0.1) is 25.7 Å². The Hall–Kier alpha value is -3.60. The maximum Gasteiger partial charge on any atom is 0.336 e. The number of carbonyl (C=O) groups excluding carboxylic acids is 1. The van der Waals surface area contributed by atoms with Crippen molar-refractivity contribution in [2.75, 3.05) is 23.3 Å². The smallest absolute Gasteiger partial charge is 0.336 e.